The Kier molecular flexibility index (Phi) is 4.70. The molecule has 2 rings (SSSR count). The predicted molar refractivity (Wildman–Crippen MR) is 83.6 cm³/mol. The molecule has 1 aromatic carbocycles. The lowest BCUT2D eigenvalue weighted by molar-refractivity contribution is 0.262. The van der Waals surface area contributed by atoms with Gasteiger partial charge in [0.2, 0.25) is 0 Å². The zero-order valence-electron chi connectivity index (χ0n) is 10.9. The molecule has 1 atom stereocenters. The van der Waals surface area contributed by atoms with Gasteiger partial charge in [0, 0.05) is 24.1 Å². The second-order valence-corrected chi connectivity index (χ2v) is 5.20. The maximum absolute atomic E-state index is 11.9. The molecule has 1 unspecified atom stereocenters. The van der Waals surface area contributed by atoms with E-state index < -0.39 is 0 Å². The molecular weight excluding hydrogens is 320 g/mol. The molecule has 5 nitrogen and oxygen atoms in total. The minimum atomic E-state index is -0.314. The number of urea groups is 1. The van der Waals surface area contributed by atoms with Crippen molar-refractivity contribution in [2.45, 2.75) is 13.0 Å². The molecule has 0 radical (unpaired) electrons. The highest BCUT2D eigenvalue weighted by atomic mass is 79.9. The van der Waals surface area contributed by atoms with Crippen molar-refractivity contribution in [2.75, 3.05) is 10.6 Å². The maximum atomic E-state index is 11.9. The van der Waals surface area contributed by atoms with E-state index in [1.807, 2.05) is 31.2 Å². The number of nitrogens with one attached hydrogen (secondary N) is 2. The Morgan fingerprint density at radius 1 is 1.25 bits per heavy atom. The molecule has 0 aliphatic heterocycles. The molecule has 0 aliphatic carbocycles. The van der Waals surface area contributed by atoms with Gasteiger partial charge in [0.05, 0.1) is 10.2 Å². The highest BCUT2D eigenvalue weighted by Gasteiger charge is 2.06. The van der Waals surface area contributed by atoms with Crippen LogP contribution in [0.25, 0.3) is 0 Å². The Bertz CT molecular complexity index is 598. The summed E-state index contributed by atoms with van der Waals surface area (Å²) in [5.74, 6) is 0. The number of carbonyl (C=O) groups excluding carboxylic acids is 1. The van der Waals surface area contributed by atoms with Gasteiger partial charge in [-0.2, -0.15) is 0 Å². The summed E-state index contributed by atoms with van der Waals surface area (Å²) in [6, 6.07) is 8.80. The third-order valence-electron chi connectivity index (χ3n) is 2.71. The molecule has 20 heavy (non-hydrogen) atoms. The van der Waals surface area contributed by atoms with E-state index in [1.54, 1.807) is 18.5 Å². The van der Waals surface area contributed by atoms with Crippen LogP contribution in [-0.2, 0) is 0 Å². The fourth-order valence-corrected chi connectivity index (χ4v) is 1.98. The third-order valence-corrected chi connectivity index (χ3v) is 3.35. The fraction of sp³-hybridized carbons (Fsp3) is 0.143. The monoisotopic (exact) mass is 334 g/mol. The van der Waals surface area contributed by atoms with Gasteiger partial charge in [0.1, 0.15) is 0 Å². The van der Waals surface area contributed by atoms with Crippen LogP contribution in [-0.4, -0.2) is 11.0 Å². The number of aromatic nitrogens is 1. The lowest BCUT2D eigenvalue weighted by atomic mass is 10.1. The first-order valence-electron chi connectivity index (χ1n) is 6.09. The van der Waals surface area contributed by atoms with Crippen molar-refractivity contribution in [3.05, 3.63) is 52.8 Å². The van der Waals surface area contributed by atoms with Gasteiger partial charge >= 0.3 is 6.03 Å². The first kappa shape index (κ1) is 14.5. The summed E-state index contributed by atoms with van der Waals surface area (Å²) in [4.78, 5) is 15.8. The van der Waals surface area contributed by atoms with Crippen molar-refractivity contribution in [1.82, 2.24) is 4.98 Å². The van der Waals surface area contributed by atoms with Crippen molar-refractivity contribution in [2.24, 2.45) is 5.73 Å². The van der Waals surface area contributed by atoms with E-state index in [2.05, 4.69) is 31.5 Å². The molecule has 0 fully saturated rings. The normalized spacial score (nSPS) is 11.8. The molecule has 104 valence electrons. The van der Waals surface area contributed by atoms with Crippen LogP contribution in [0.2, 0.25) is 0 Å². The first-order chi connectivity index (χ1) is 9.56. The Morgan fingerprint density at radius 2 is 1.95 bits per heavy atom. The summed E-state index contributed by atoms with van der Waals surface area (Å²) in [6.07, 6.45) is 3.23. The molecule has 6 heteroatoms. The number of hydrogen-bond acceptors (Lipinski definition) is 3. The Hall–Kier alpha value is -1.92. The zero-order chi connectivity index (χ0) is 14.5. The maximum Gasteiger partial charge on any atom is 0.323 e. The zero-order valence-corrected chi connectivity index (χ0v) is 12.5. The SMILES string of the molecule is CC(N)c1ccc(NC(=O)Nc2ccncc2Br)cc1. The topological polar surface area (TPSA) is 80.0 Å². The van der Waals surface area contributed by atoms with Crippen LogP contribution >= 0.6 is 15.9 Å². The summed E-state index contributed by atoms with van der Waals surface area (Å²) in [7, 11) is 0. The Morgan fingerprint density at radius 3 is 2.55 bits per heavy atom. The third kappa shape index (κ3) is 3.79. The molecule has 0 spiro atoms. The standard InChI is InChI=1S/C14H15BrN4O/c1-9(16)10-2-4-11(5-3-10)18-14(20)19-13-6-7-17-8-12(13)15/h2-9H,16H2,1H3,(H2,17,18,19,20). The number of anilines is 2. The molecule has 0 saturated heterocycles. The van der Waals surface area contributed by atoms with Gasteiger partial charge in [-0.3, -0.25) is 4.98 Å². The number of benzene rings is 1. The summed E-state index contributed by atoms with van der Waals surface area (Å²) in [5.41, 5.74) is 8.16. The predicted octanol–water partition coefficient (Wildman–Crippen LogP) is 3.51. The largest absolute Gasteiger partial charge is 0.324 e. The number of carbonyl (C=O) groups is 1. The molecule has 4 N–H and O–H groups in total. The fourth-order valence-electron chi connectivity index (χ4n) is 1.63. The molecule has 1 aromatic heterocycles. The molecule has 2 amide bonds. The van der Waals surface area contributed by atoms with Gasteiger partial charge in [0.15, 0.2) is 0 Å². The van der Waals surface area contributed by atoms with Crippen LogP contribution in [0.5, 0.6) is 0 Å². The van der Waals surface area contributed by atoms with Gasteiger partial charge in [-0.15, -0.1) is 0 Å². The molecule has 1 heterocycles. The highest BCUT2D eigenvalue weighted by molar-refractivity contribution is 9.10. The second kappa shape index (κ2) is 6.49. The van der Waals surface area contributed by atoms with Crippen molar-refractivity contribution in [3.8, 4) is 0 Å². The van der Waals surface area contributed by atoms with Crippen LogP contribution in [0.1, 0.15) is 18.5 Å². The van der Waals surface area contributed by atoms with Crippen LogP contribution in [0.15, 0.2) is 47.2 Å². The minimum Gasteiger partial charge on any atom is -0.324 e. The molecule has 2 aromatic rings. The van der Waals surface area contributed by atoms with Crippen molar-refractivity contribution >= 4 is 33.3 Å². The van der Waals surface area contributed by atoms with Crippen molar-refractivity contribution < 1.29 is 4.79 Å². The lowest BCUT2D eigenvalue weighted by Crippen LogP contribution is -2.19. The van der Waals surface area contributed by atoms with Crippen LogP contribution in [0.4, 0.5) is 16.2 Å². The van der Waals surface area contributed by atoms with Gasteiger partial charge < -0.3 is 16.4 Å². The number of rotatable bonds is 3. The van der Waals surface area contributed by atoms with Gasteiger partial charge in [0.25, 0.3) is 0 Å². The van der Waals surface area contributed by atoms with Crippen molar-refractivity contribution in [1.29, 1.82) is 0 Å². The number of nitrogens with zero attached hydrogens (tertiary/aromatic N) is 1. The van der Waals surface area contributed by atoms with Gasteiger partial charge in [-0.25, -0.2) is 4.79 Å². The van der Waals surface area contributed by atoms with Gasteiger partial charge in [-0.1, -0.05) is 12.1 Å². The number of pyridine rings is 1. The Labute approximate surface area is 125 Å². The molecule has 0 aliphatic rings. The molecule has 0 saturated carbocycles. The summed E-state index contributed by atoms with van der Waals surface area (Å²) in [6.45, 7) is 1.91. The first-order valence-corrected chi connectivity index (χ1v) is 6.88. The van der Waals surface area contributed by atoms with Crippen LogP contribution in [0.3, 0.4) is 0 Å². The number of amides is 2. The van der Waals surface area contributed by atoms with E-state index in [0.29, 0.717) is 11.4 Å². The Balaban J connectivity index is 1.99. The lowest BCUT2D eigenvalue weighted by Gasteiger charge is -2.10. The number of nitrogens with two attached hydrogens (primary N) is 1. The van der Waals surface area contributed by atoms with E-state index in [-0.39, 0.29) is 12.1 Å². The molecular formula is C14H15BrN4O. The number of halogens is 1. The minimum absolute atomic E-state index is 0.0225. The quantitative estimate of drug-likeness (QED) is 0.803. The smallest absolute Gasteiger partial charge is 0.323 e. The van der Waals surface area contributed by atoms with Crippen molar-refractivity contribution in [3.63, 3.8) is 0 Å². The summed E-state index contributed by atoms with van der Waals surface area (Å²) >= 11 is 3.32. The summed E-state index contributed by atoms with van der Waals surface area (Å²) in [5, 5.41) is 5.49. The second-order valence-electron chi connectivity index (χ2n) is 4.35. The van der Waals surface area contributed by atoms with E-state index >= 15 is 0 Å². The van der Waals surface area contributed by atoms with Crippen LogP contribution < -0.4 is 16.4 Å². The highest BCUT2D eigenvalue weighted by Crippen LogP contribution is 2.20. The van der Waals surface area contributed by atoms with E-state index in [0.717, 1.165) is 10.0 Å². The van der Waals surface area contributed by atoms with E-state index in [9.17, 15) is 4.79 Å². The number of hydrogen-bond donors (Lipinski definition) is 3. The van der Waals surface area contributed by atoms with E-state index in [4.69, 9.17) is 5.73 Å². The van der Waals surface area contributed by atoms with E-state index in [1.165, 1.54) is 0 Å². The van der Waals surface area contributed by atoms with Crippen LogP contribution in [0, 0.1) is 0 Å². The van der Waals surface area contributed by atoms with Gasteiger partial charge in [-0.05, 0) is 46.6 Å². The average molecular weight is 335 g/mol. The summed E-state index contributed by atoms with van der Waals surface area (Å²) < 4.78 is 0.724. The molecule has 0 bridgehead atoms. The average Bonchev–Trinajstić information content (AvgIpc) is 2.42.